The second-order valence-electron chi connectivity index (χ2n) is 5.07. The van der Waals surface area contributed by atoms with Gasteiger partial charge in [-0.1, -0.05) is 6.07 Å². The van der Waals surface area contributed by atoms with Crippen molar-refractivity contribution in [3.63, 3.8) is 0 Å². The first-order chi connectivity index (χ1) is 10.1. The molecule has 1 unspecified atom stereocenters. The predicted molar refractivity (Wildman–Crippen MR) is 83.1 cm³/mol. The molecule has 1 atom stereocenters. The number of anilines is 1. The molecule has 0 aliphatic heterocycles. The lowest BCUT2D eigenvalue weighted by atomic mass is 10.2. The maximum Gasteiger partial charge on any atom is 0.259 e. The summed E-state index contributed by atoms with van der Waals surface area (Å²) in [7, 11) is 0. The van der Waals surface area contributed by atoms with Crippen LogP contribution in [-0.4, -0.2) is 11.7 Å². The zero-order chi connectivity index (χ0) is 15.2. The van der Waals surface area contributed by atoms with Crippen LogP contribution in [0.15, 0.2) is 42.7 Å². The van der Waals surface area contributed by atoms with Crippen LogP contribution in [0.2, 0.25) is 0 Å². The molecule has 1 aromatic carbocycles. The molecule has 1 heterocycles. The molecule has 1 aromatic heterocycles. The van der Waals surface area contributed by atoms with E-state index < -0.39 is 0 Å². The molecule has 112 valence electrons. The summed E-state index contributed by atoms with van der Waals surface area (Å²) in [6.07, 6.45) is 4.10. The van der Waals surface area contributed by atoms with E-state index in [2.05, 4.69) is 17.6 Å². The van der Waals surface area contributed by atoms with Gasteiger partial charge in [-0.3, -0.25) is 0 Å². The number of phenols is 1. The highest BCUT2D eigenvalue weighted by Crippen LogP contribution is 2.21. The number of ether oxygens (including phenoxy) is 1. The Morgan fingerprint density at radius 3 is 2.86 bits per heavy atom. The Hall–Kier alpha value is -2.07. The zero-order valence-electron chi connectivity index (χ0n) is 12.8. The van der Waals surface area contributed by atoms with Crippen molar-refractivity contribution in [2.75, 3.05) is 11.9 Å². The van der Waals surface area contributed by atoms with Crippen molar-refractivity contribution >= 4 is 5.69 Å². The first-order valence-electron chi connectivity index (χ1n) is 7.25. The quantitative estimate of drug-likeness (QED) is 0.802. The predicted octanol–water partition coefficient (Wildman–Crippen LogP) is 3.16. The number of benzene rings is 1. The average molecular weight is 287 g/mol. The third-order valence-electron chi connectivity index (χ3n) is 3.42. The molecule has 0 aliphatic carbocycles. The van der Waals surface area contributed by atoms with E-state index in [0.29, 0.717) is 18.9 Å². The molecule has 0 saturated carbocycles. The minimum Gasteiger partial charge on any atom is -0.508 e. The van der Waals surface area contributed by atoms with Crippen LogP contribution in [0.1, 0.15) is 31.2 Å². The summed E-state index contributed by atoms with van der Waals surface area (Å²) in [5.41, 5.74) is 2.94. The molecule has 21 heavy (non-hydrogen) atoms. The molecule has 0 aliphatic rings. The number of rotatable bonds is 6. The van der Waals surface area contributed by atoms with Crippen LogP contribution in [0, 0.1) is 6.92 Å². The molecular formula is C17H23N2O2+. The highest BCUT2D eigenvalue weighted by atomic mass is 16.5. The van der Waals surface area contributed by atoms with Gasteiger partial charge in [-0.05, 0) is 31.5 Å². The summed E-state index contributed by atoms with van der Waals surface area (Å²) in [6.45, 7) is 7.29. The standard InChI is InChI=1S/C17H22N2O2/c1-4-21-14(3)19-9-5-6-15(12-19)11-18-16-8-7-13(2)17(20)10-16/h5-10,12,14,18H,4,11H2,1-3H3/p+1. The Labute approximate surface area is 126 Å². The maximum atomic E-state index is 9.71. The van der Waals surface area contributed by atoms with Crippen molar-refractivity contribution in [1.82, 2.24) is 0 Å². The average Bonchev–Trinajstić information content (AvgIpc) is 2.49. The number of aryl methyl sites for hydroxylation is 1. The number of hydrogen-bond acceptors (Lipinski definition) is 3. The minimum absolute atomic E-state index is 0.0263. The van der Waals surface area contributed by atoms with Crippen molar-refractivity contribution in [1.29, 1.82) is 0 Å². The topological polar surface area (TPSA) is 45.4 Å². The molecule has 0 amide bonds. The summed E-state index contributed by atoms with van der Waals surface area (Å²) in [5.74, 6) is 0.313. The summed E-state index contributed by atoms with van der Waals surface area (Å²) < 4.78 is 7.63. The molecule has 4 nitrogen and oxygen atoms in total. The zero-order valence-corrected chi connectivity index (χ0v) is 12.8. The molecule has 4 heteroatoms. The third kappa shape index (κ3) is 4.20. The van der Waals surface area contributed by atoms with Gasteiger partial charge in [0.15, 0.2) is 12.4 Å². The van der Waals surface area contributed by atoms with E-state index in [4.69, 9.17) is 4.74 Å². The first-order valence-corrected chi connectivity index (χ1v) is 7.25. The highest BCUT2D eigenvalue weighted by molar-refractivity contribution is 5.51. The van der Waals surface area contributed by atoms with Crippen LogP contribution in [0.25, 0.3) is 0 Å². The second kappa shape index (κ2) is 7.09. The van der Waals surface area contributed by atoms with E-state index in [-0.39, 0.29) is 6.23 Å². The Morgan fingerprint density at radius 2 is 2.14 bits per heavy atom. The number of aromatic nitrogens is 1. The lowest BCUT2D eigenvalue weighted by Gasteiger charge is -2.10. The first kappa shape index (κ1) is 15.3. The number of nitrogens with zero attached hydrogens (tertiary/aromatic N) is 1. The van der Waals surface area contributed by atoms with Crippen LogP contribution < -0.4 is 9.88 Å². The summed E-state index contributed by atoms with van der Waals surface area (Å²) in [6, 6.07) is 9.69. The number of phenolic OH excluding ortho intramolecular Hbond substituents is 1. The number of aromatic hydroxyl groups is 1. The van der Waals surface area contributed by atoms with Gasteiger partial charge in [-0.2, -0.15) is 4.57 Å². The number of hydrogen-bond donors (Lipinski definition) is 2. The molecule has 0 radical (unpaired) electrons. The fourth-order valence-electron chi connectivity index (χ4n) is 2.13. The molecular weight excluding hydrogens is 264 g/mol. The second-order valence-corrected chi connectivity index (χ2v) is 5.07. The van der Waals surface area contributed by atoms with E-state index in [0.717, 1.165) is 16.8 Å². The Morgan fingerprint density at radius 1 is 1.33 bits per heavy atom. The van der Waals surface area contributed by atoms with Crippen LogP contribution in [0.4, 0.5) is 5.69 Å². The van der Waals surface area contributed by atoms with Gasteiger partial charge in [0.2, 0.25) is 0 Å². The van der Waals surface area contributed by atoms with E-state index in [9.17, 15) is 5.11 Å². The lowest BCUT2D eigenvalue weighted by molar-refractivity contribution is -0.758. The fraction of sp³-hybridized carbons (Fsp3) is 0.353. The van der Waals surface area contributed by atoms with Crippen LogP contribution >= 0.6 is 0 Å². The summed E-state index contributed by atoms with van der Waals surface area (Å²) in [4.78, 5) is 0. The number of nitrogens with one attached hydrogen (secondary N) is 1. The molecule has 2 N–H and O–H groups in total. The van der Waals surface area contributed by atoms with Gasteiger partial charge in [0, 0.05) is 36.9 Å². The van der Waals surface area contributed by atoms with E-state index in [1.165, 1.54) is 0 Å². The third-order valence-corrected chi connectivity index (χ3v) is 3.42. The minimum atomic E-state index is 0.0263. The summed E-state index contributed by atoms with van der Waals surface area (Å²) in [5, 5.41) is 13.0. The van der Waals surface area contributed by atoms with Gasteiger partial charge in [-0.25, -0.2) is 0 Å². The van der Waals surface area contributed by atoms with Gasteiger partial charge in [0.25, 0.3) is 6.23 Å². The van der Waals surface area contributed by atoms with Crippen molar-refractivity contribution < 1.29 is 14.4 Å². The van der Waals surface area contributed by atoms with Crippen molar-refractivity contribution in [3.8, 4) is 5.75 Å². The molecule has 0 fully saturated rings. The van der Waals surface area contributed by atoms with Crippen molar-refractivity contribution in [2.45, 2.75) is 33.5 Å². The summed E-state index contributed by atoms with van der Waals surface area (Å²) >= 11 is 0. The molecule has 0 saturated heterocycles. The smallest absolute Gasteiger partial charge is 0.259 e. The largest absolute Gasteiger partial charge is 0.508 e. The van der Waals surface area contributed by atoms with Crippen LogP contribution in [0.5, 0.6) is 5.75 Å². The van der Waals surface area contributed by atoms with Gasteiger partial charge in [-0.15, -0.1) is 0 Å². The Balaban J connectivity index is 2.02. The van der Waals surface area contributed by atoms with Gasteiger partial charge in [0.05, 0.1) is 6.61 Å². The normalized spacial score (nSPS) is 12.1. The van der Waals surface area contributed by atoms with Gasteiger partial charge < -0.3 is 15.2 Å². The lowest BCUT2D eigenvalue weighted by Crippen LogP contribution is -2.39. The van der Waals surface area contributed by atoms with E-state index in [1.54, 1.807) is 6.07 Å². The van der Waals surface area contributed by atoms with Crippen molar-refractivity contribution in [3.05, 3.63) is 53.9 Å². The Kier molecular flexibility index (Phi) is 5.17. The SMILES string of the molecule is CCOC(C)[n+]1cccc(CNc2ccc(C)c(O)c2)c1. The maximum absolute atomic E-state index is 9.71. The fourth-order valence-corrected chi connectivity index (χ4v) is 2.13. The van der Waals surface area contributed by atoms with E-state index >= 15 is 0 Å². The highest BCUT2D eigenvalue weighted by Gasteiger charge is 2.11. The number of pyridine rings is 1. The van der Waals surface area contributed by atoms with E-state index in [1.807, 2.05) is 49.7 Å². The van der Waals surface area contributed by atoms with Gasteiger partial charge in [0.1, 0.15) is 5.75 Å². The van der Waals surface area contributed by atoms with Gasteiger partial charge >= 0.3 is 0 Å². The molecule has 2 aromatic rings. The van der Waals surface area contributed by atoms with Crippen LogP contribution in [0.3, 0.4) is 0 Å². The molecule has 0 spiro atoms. The monoisotopic (exact) mass is 287 g/mol. The van der Waals surface area contributed by atoms with Crippen LogP contribution in [-0.2, 0) is 11.3 Å². The van der Waals surface area contributed by atoms with Crippen molar-refractivity contribution in [2.24, 2.45) is 0 Å². The molecule has 0 bridgehead atoms. The Bertz CT molecular complexity index is 599. The molecule has 2 rings (SSSR count).